The van der Waals surface area contributed by atoms with Gasteiger partial charge in [0.25, 0.3) is 0 Å². The minimum absolute atomic E-state index is 0.126. The van der Waals surface area contributed by atoms with Crippen molar-refractivity contribution in [2.75, 3.05) is 13.2 Å². The van der Waals surface area contributed by atoms with Crippen molar-refractivity contribution in [1.82, 2.24) is 5.32 Å². The maximum absolute atomic E-state index is 12.9. The van der Waals surface area contributed by atoms with Crippen LogP contribution in [-0.4, -0.2) is 27.5 Å². The van der Waals surface area contributed by atoms with Gasteiger partial charge in [-0.25, -0.2) is 8.42 Å². The summed E-state index contributed by atoms with van der Waals surface area (Å²) >= 11 is 0. The topological polar surface area (TPSA) is 72.5 Å². The van der Waals surface area contributed by atoms with E-state index in [4.69, 9.17) is 4.74 Å². The molecule has 0 saturated carbocycles. The first-order chi connectivity index (χ1) is 15.0. The summed E-state index contributed by atoms with van der Waals surface area (Å²) in [6.45, 7) is 3.69. The van der Waals surface area contributed by atoms with Crippen LogP contribution in [0.1, 0.15) is 23.6 Å². The summed E-state index contributed by atoms with van der Waals surface area (Å²) in [5.74, 6) is -0.327. The summed E-state index contributed by atoms with van der Waals surface area (Å²) in [7, 11) is -3.60. The number of hydrogen-bond donors (Lipinski definition) is 1. The second kappa shape index (κ2) is 10.9. The lowest BCUT2D eigenvalue weighted by molar-refractivity contribution is -0.142. The molecule has 0 radical (unpaired) electrons. The molecule has 0 atom stereocenters. The van der Waals surface area contributed by atoms with E-state index in [1.54, 1.807) is 31.2 Å². The number of carbonyl (C=O) groups is 1. The Morgan fingerprint density at radius 2 is 1.39 bits per heavy atom. The molecule has 3 aromatic rings. The molecule has 0 saturated heterocycles. The molecule has 5 nitrogen and oxygen atoms in total. The SMILES string of the molecule is CCOC(=O)Cc1ccc(S(=O)(=O)c2ccc(CCNCc3ccccc3)cc2)cc1. The molecule has 0 bridgehead atoms. The van der Waals surface area contributed by atoms with Crippen molar-refractivity contribution in [3.63, 3.8) is 0 Å². The molecule has 0 aliphatic rings. The molecule has 1 N–H and O–H groups in total. The molecule has 31 heavy (non-hydrogen) atoms. The van der Waals surface area contributed by atoms with Crippen LogP contribution in [-0.2, 0) is 38.8 Å². The number of ether oxygens (including phenoxy) is 1. The van der Waals surface area contributed by atoms with Gasteiger partial charge >= 0.3 is 5.97 Å². The average molecular weight is 438 g/mol. The lowest BCUT2D eigenvalue weighted by atomic mass is 10.1. The van der Waals surface area contributed by atoms with Crippen LogP contribution in [0.3, 0.4) is 0 Å². The highest BCUT2D eigenvalue weighted by atomic mass is 32.2. The molecular weight excluding hydrogens is 410 g/mol. The maximum atomic E-state index is 12.9. The molecule has 3 aromatic carbocycles. The van der Waals surface area contributed by atoms with Gasteiger partial charge in [-0.05, 0) is 60.8 Å². The second-order valence-corrected chi connectivity index (χ2v) is 9.14. The van der Waals surface area contributed by atoms with E-state index in [9.17, 15) is 13.2 Å². The second-order valence-electron chi connectivity index (χ2n) is 7.19. The van der Waals surface area contributed by atoms with Gasteiger partial charge in [0.05, 0.1) is 22.8 Å². The Labute approximate surface area is 184 Å². The monoisotopic (exact) mass is 437 g/mol. The van der Waals surface area contributed by atoms with E-state index in [1.807, 2.05) is 30.3 Å². The zero-order valence-corrected chi connectivity index (χ0v) is 18.4. The van der Waals surface area contributed by atoms with Crippen LogP contribution in [0.25, 0.3) is 0 Å². The predicted molar refractivity (Wildman–Crippen MR) is 121 cm³/mol. The standard InChI is InChI=1S/C25H27NO4S/c1-2-30-25(27)18-21-10-14-24(15-11-21)31(28,29)23-12-8-20(9-13-23)16-17-26-19-22-6-4-3-5-7-22/h3-15,26H,2,16-19H2,1H3. The van der Waals surface area contributed by atoms with Crippen molar-refractivity contribution in [2.45, 2.75) is 36.1 Å². The number of rotatable bonds is 10. The lowest BCUT2D eigenvalue weighted by Gasteiger charge is -2.08. The smallest absolute Gasteiger partial charge is 0.310 e. The molecule has 0 unspecified atom stereocenters. The van der Waals surface area contributed by atoms with Gasteiger partial charge in [-0.1, -0.05) is 54.6 Å². The minimum Gasteiger partial charge on any atom is -0.466 e. The van der Waals surface area contributed by atoms with Crippen molar-refractivity contribution in [1.29, 1.82) is 0 Å². The van der Waals surface area contributed by atoms with Gasteiger partial charge in [0, 0.05) is 6.54 Å². The lowest BCUT2D eigenvalue weighted by Crippen LogP contribution is -2.16. The van der Waals surface area contributed by atoms with Gasteiger partial charge in [-0.15, -0.1) is 0 Å². The molecule has 0 spiro atoms. The maximum Gasteiger partial charge on any atom is 0.310 e. The molecule has 0 fully saturated rings. The third-order valence-electron chi connectivity index (χ3n) is 4.88. The predicted octanol–water partition coefficient (Wildman–Crippen LogP) is 3.96. The molecule has 162 valence electrons. The van der Waals surface area contributed by atoms with Gasteiger partial charge in [-0.3, -0.25) is 4.79 Å². The van der Waals surface area contributed by atoms with Crippen LogP contribution in [0.4, 0.5) is 0 Å². The Hall–Kier alpha value is -2.96. The first kappa shape index (κ1) is 22.7. The van der Waals surface area contributed by atoms with E-state index < -0.39 is 9.84 Å². The molecule has 3 rings (SSSR count). The van der Waals surface area contributed by atoms with Gasteiger partial charge in [0.2, 0.25) is 9.84 Å². The van der Waals surface area contributed by atoms with Crippen molar-refractivity contribution in [2.24, 2.45) is 0 Å². The van der Waals surface area contributed by atoms with E-state index in [0.29, 0.717) is 6.61 Å². The van der Waals surface area contributed by atoms with Crippen LogP contribution in [0, 0.1) is 0 Å². The molecule has 0 heterocycles. The number of hydrogen-bond acceptors (Lipinski definition) is 5. The summed E-state index contributed by atoms with van der Waals surface area (Å²) in [6.07, 6.45) is 0.941. The summed E-state index contributed by atoms with van der Waals surface area (Å²) in [6, 6.07) is 23.6. The van der Waals surface area contributed by atoms with Crippen molar-refractivity contribution in [3.05, 3.63) is 95.6 Å². The summed E-state index contributed by atoms with van der Waals surface area (Å²) in [4.78, 5) is 12.0. The third-order valence-corrected chi connectivity index (χ3v) is 6.67. The van der Waals surface area contributed by atoms with Crippen LogP contribution in [0.5, 0.6) is 0 Å². The van der Waals surface area contributed by atoms with E-state index in [0.717, 1.165) is 30.6 Å². The van der Waals surface area contributed by atoms with Crippen LogP contribution >= 0.6 is 0 Å². The van der Waals surface area contributed by atoms with Crippen molar-refractivity contribution in [3.8, 4) is 0 Å². The van der Waals surface area contributed by atoms with Crippen molar-refractivity contribution >= 4 is 15.8 Å². The Balaban J connectivity index is 1.57. The first-order valence-electron chi connectivity index (χ1n) is 10.3. The molecule has 0 aliphatic heterocycles. The van der Waals surface area contributed by atoms with E-state index in [-0.39, 0.29) is 22.2 Å². The zero-order valence-electron chi connectivity index (χ0n) is 17.6. The summed E-state index contributed by atoms with van der Waals surface area (Å²) < 4.78 is 30.7. The van der Waals surface area contributed by atoms with Crippen LogP contribution in [0.15, 0.2) is 88.7 Å². The van der Waals surface area contributed by atoms with E-state index in [1.165, 1.54) is 17.7 Å². The van der Waals surface area contributed by atoms with Crippen LogP contribution < -0.4 is 5.32 Å². The highest BCUT2D eigenvalue weighted by Crippen LogP contribution is 2.22. The van der Waals surface area contributed by atoms with Crippen LogP contribution in [0.2, 0.25) is 0 Å². The highest BCUT2D eigenvalue weighted by molar-refractivity contribution is 7.91. The number of carbonyl (C=O) groups excluding carboxylic acids is 1. The van der Waals surface area contributed by atoms with Gasteiger partial charge in [0.15, 0.2) is 0 Å². The molecule has 0 aromatic heterocycles. The first-order valence-corrected chi connectivity index (χ1v) is 11.8. The number of sulfone groups is 1. The fraction of sp³-hybridized carbons (Fsp3) is 0.240. The summed E-state index contributed by atoms with van der Waals surface area (Å²) in [5, 5.41) is 3.40. The molecule has 0 aliphatic carbocycles. The Morgan fingerprint density at radius 1 is 0.806 bits per heavy atom. The number of esters is 1. The fourth-order valence-electron chi connectivity index (χ4n) is 3.20. The number of benzene rings is 3. The van der Waals surface area contributed by atoms with E-state index >= 15 is 0 Å². The molecular formula is C25H27NO4S. The van der Waals surface area contributed by atoms with Gasteiger partial charge in [-0.2, -0.15) is 0 Å². The Morgan fingerprint density at radius 3 is 1.97 bits per heavy atom. The Kier molecular flexibility index (Phi) is 7.98. The molecule has 0 amide bonds. The normalized spacial score (nSPS) is 11.3. The minimum atomic E-state index is -3.60. The van der Waals surface area contributed by atoms with Crippen molar-refractivity contribution < 1.29 is 17.9 Å². The average Bonchev–Trinajstić information content (AvgIpc) is 2.78. The highest BCUT2D eigenvalue weighted by Gasteiger charge is 2.17. The third kappa shape index (κ3) is 6.51. The van der Waals surface area contributed by atoms with E-state index in [2.05, 4.69) is 17.4 Å². The zero-order chi connectivity index (χ0) is 22.1. The summed E-state index contributed by atoms with van der Waals surface area (Å²) in [5.41, 5.74) is 3.03. The van der Waals surface area contributed by atoms with Gasteiger partial charge < -0.3 is 10.1 Å². The van der Waals surface area contributed by atoms with Gasteiger partial charge in [0.1, 0.15) is 0 Å². The Bertz CT molecular complexity index is 1080. The fourth-order valence-corrected chi connectivity index (χ4v) is 4.46. The quantitative estimate of drug-likeness (QED) is 0.384. The number of nitrogens with one attached hydrogen (secondary N) is 1. The largest absolute Gasteiger partial charge is 0.466 e. The molecule has 6 heteroatoms.